The molecule has 4 aromatic rings. The van der Waals surface area contributed by atoms with Crippen molar-refractivity contribution in [2.24, 2.45) is 14.1 Å². The number of benzene rings is 2. The van der Waals surface area contributed by atoms with E-state index in [2.05, 4.69) is 0 Å². The van der Waals surface area contributed by atoms with Crippen LogP contribution in [0.4, 0.5) is 0 Å². The Morgan fingerprint density at radius 2 is 0.857 bits per heavy atom. The minimum Gasteiger partial charge on any atom is -0.318 e. The van der Waals surface area contributed by atoms with Gasteiger partial charge in [-0.1, -0.05) is 64.1 Å². The predicted molar refractivity (Wildman–Crippen MR) is 121 cm³/mol. The van der Waals surface area contributed by atoms with E-state index >= 15 is 0 Å². The molecule has 0 atom stereocenters. The lowest BCUT2D eigenvalue weighted by Gasteiger charge is -1.98. The minimum absolute atomic E-state index is 0.0631. The van der Waals surface area contributed by atoms with Crippen molar-refractivity contribution in [3.8, 4) is 0 Å². The second-order valence-electron chi connectivity index (χ2n) is 5.64. The van der Waals surface area contributed by atoms with Crippen molar-refractivity contribution in [2.45, 2.75) is 27.7 Å². The lowest BCUT2D eigenvalue weighted by Crippen LogP contribution is -2.15. The first-order valence-corrected chi connectivity index (χ1v) is 9.67. The number of fused-ring (bicyclic) bond motifs is 2. The van der Waals surface area contributed by atoms with Crippen LogP contribution in [-0.4, -0.2) is 9.13 Å². The van der Waals surface area contributed by atoms with E-state index < -0.39 is 0 Å². The van der Waals surface area contributed by atoms with Crippen molar-refractivity contribution in [3.05, 3.63) is 93.8 Å². The van der Waals surface area contributed by atoms with Crippen LogP contribution in [0.25, 0.3) is 21.5 Å². The first-order chi connectivity index (χ1) is 13.6. The number of rotatable bonds is 0. The van der Waals surface area contributed by atoms with E-state index in [-0.39, 0.29) is 11.1 Å². The van der Waals surface area contributed by atoms with Crippen LogP contribution in [-0.2, 0) is 14.1 Å². The number of hydrogen-bond donors (Lipinski definition) is 0. The van der Waals surface area contributed by atoms with Gasteiger partial charge in [-0.15, -0.1) is 0 Å². The second kappa shape index (κ2) is 11.5. The molecule has 0 fully saturated rings. The number of hydrogen-bond acceptors (Lipinski definition) is 2. The van der Waals surface area contributed by atoms with Crippen LogP contribution in [0.2, 0.25) is 0 Å². The van der Waals surface area contributed by atoms with Gasteiger partial charge in [-0.25, -0.2) is 0 Å². The van der Waals surface area contributed by atoms with Gasteiger partial charge in [0.05, 0.1) is 0 Å². The van der Waals surface area contributed by atoms with Crippen molar-refractivity contribution in [3.63, 3.8) is 0 Å². The van der Waals surface area contributed by atoms with Gasteiger partial charge < -0.3 is 9.13 Å². The molecule has 0 N–H and O–H groups in total. The van der Waals surface area contributed by atoms with Gasteiger partial charge in [0, 0.05) is 37.3 Å². The quantitative estimate of drug-likeness (QED) is 0.426. The average Bonchev–Trinajstić information content (AvgIpc) is 2.77. The van der Waals surface area contributed by atoms with Crippen LogP contribution in [0, 0.1) is 0 Å². The first-order valence-electron chi connectivity index (χ1n) is 9.67. The van der Waals surface area contributed by atoms with Gasteiger partial charge in [0.15, 0.2) is 0 Å². The Bertz CT molecular complexity index is 1030. The Hall–Kier alpha value is -3.14. The van der Waals surface area contributed by atoms with Crippen molar-refractivity contribution in [1.82, 2.24) is 9.13 Å². The first kappa shape index (κ1) is 22.9. The Labute approximate surface area is 166 Å². The number of nitrogens with zero attached hydrogens (tertiary/aromatic N) is 2. The number of aromatic nitrogens is 2. The van der Waals surface area contributed by atoms with E-state index in [9.17, 15) is 9.59 Å². The average molecular weight is 379 g/mol. The summed E-state index contributed by atoms with van der Waals surface area (Å²) in [5.41, 5.74) is 0.126. The molecular weight excluding hydrogens is 348 g/mol. The summed E-state index contributed by atoms with van der Waals surface area (Å²) in [6, 6.07) is 19.1. The Morgan fingerprint density at radius 1 is 0.536 bits per heavy atom. The summed E-state index contributed by atoms with van der Waals surface area (Å²) < 4.78 is 3.17. The summed E-state index contributed by atoms with van der Waals surface area (Å²) in [7, 11) is 3.52. The summed E-state index contributed by atoms with van der Waals surface area (Å²) >= 11 is 0. The maximum Gasteiger partial charge on any atom is 0.258 e. The van der Waals surface area contributed by atoms with Crippen LogP contribution in [0.3, 0.4) is 0 Å². The maximum absolute atomic E-state index is 11.5. The summed E-state index contributed by atoms with van der Waals surface area (Å²) in [6.45, 7) is 8.00. The summed E-state index contributed by atoms with van der Waals surface area (Å²) in [5.74, 6) is 0. The van der Waals surface area contributed by atoms with Gasteiger partial charge in [0.1, 0.15) is 0 Å². The molecular formula is C24H30N2O2. The van der Waals surface area contributed by atoms with Crippen molar-refractivity contribution >= 4 is 21.5 Å². The molecule has 0 bridgehead atoms. The normalized spacial score (nSPS) is 9.36. The summed E-state index contributed by atoms with van der Waals surface area (Å²) in [6.07, 6.45) is 3.56. The van der Waals surface area contributed by atoms with E-state index in [1.807, 2.05) is 88.4 Å². The lowest BCUT2D eigenvalue weighted by molar-refractivity contribution is 0.873. The van der Waals surface area contributed by atoms with Gasteiger partial charge in [-0.05, 0) is 35.0 Å². The van der Waals surface area contributed by atoms with Crippen LogP contribution < -0.4 is 11.1 Å². The molecule has 28 heavy (non-hydrogen) atoms. The largest absolute Gasteiger partial charge is 0.318 e. The Morgan fingerprint density at radius 3 is 1.21 bits per heavy atom. The number of aryl methyl sites for hydroxylation is 2. The third kappa shape index (κ3) is 5.43. The molecule has 0 saturated carbocycles. The molecule has 0 spiro atoms. The molecule has 0 amide bonds. The van der Waals surface area contributed by atoms with E-state index in [4.69, 9.17) is 0 Å². The van der Waals surface area contributed by atoms with Crippen LogP contribution in [0.5, 0.6) is 0 Å². The van der Waals surface area contributed by atoms with Gasteiger partial charge in [0.25, 0.3) is 11.1 Å². The van der Waals surface area contributed by atoms with Gasteiger partial charge in [-0.3, -0.25) is 9.59 Å². The van der Waals surface area contributed by atoms with Gasteiger partial charge in [0.2, 0.25) is 0 Å². The zero-order valence-electron chi connectivity index (χ0n) is 17.6. The van der Waals surface area contributed by atoms with E-state index in [0.717, 1.165) is 21.5 Å². The van der Waals surface area contributed by atoms with Crippen molar-refractivity contribution in [1.29, 1.82) is 0 Å². The van der Waals surface area contributed by atoms with Crippen molar-refractivity contribution in [2.75, 3.05) is 0 Å². The highest BCUT2D eigenvalue weighted by Crippen LogP contribution is 2.07. The third-order valence-electron chi connectivity index (χ3n) is 3.98. The monoisotopic (exact) mass is 378 g/mol. The van der Waals surface area contributed by atoms with Crippen LogP contribution >= 0.6 is 0 Å². The van der Waals surface area contributed by atoms with Crippen molar-refractivity contribution < 1.29 is 0 Å². The molecule has 2 aromatic heterocycles. The molecule has 148 valence electrons. The Balaban J connectivity index is 0.000000238. The molecule has 0 aliphatic carbocycles. The highest BCUT2D eigenvalue weighted by atomic mass is 16.1. The molecule has 2 heterocycles. The maximum atomic E-state index is 11.5. The summed E-state index contributed by atoms with van der Waals surface area (Å²) in [4.78, 5) is 23.0. The molecule has 0 aliphatic heterocycles. The zero-order chi connectivity index (χ0) is 21.1. The molecule has 4 nitrogen and oxygen atoms in total. The zero-order valence-corrected chi connectivity index (χ0v) is 17.6. The molecule has 4 rings (SSSR count). The fraction of sp³-hybridized carbons (Fsp3) is 0.250. The third-order valence-corrected chi connectivity index (χ3v) is 3.98. The van der Waals surface area contributed by atoms with Gasteiger partial charge >= 0.3 is 0 Å². The van der Waals surface area contributed by atoms with E-state index in [0.29, 0.717) is 0 Å². The second-order valence-corrected chi connectivity index (χ2v) is 5.64. The smallest absolute Gasteiger partial charge is 0.258 e. The Kier molecular flexibility index (Phi) is 9.44. The highest BCUT2D eigenvalue weighted by molar-refractivity contribution is 5.81. The summed E-state index contributed by atoms with van der Waals surface area (Å²) in [5, 5.41) is 3.56. The SMILES string of the molecule is CC.CC.Cn1ccc2ccccc2c1=O.Cn1ccc2ccccc2c1=O. The fourth-order valence-corrected chi connectivity index (χ4v) is 2.57. The van der Waals surface area contributed by atoms with E-state index in [1.165, 1.54) is 0 Å². The topological polar surface area (TPSA) is 44.0 Å². The van der Waals surface area contributed by atoms with E-state index in [1.54, 1.807) is 35.6 Å². The number of pyridine rings is 2. The lowest BCUT2D eigenvalue weighted by atomic mass is 10.2. The molecule has 0 unspecified atom stereocenters. The predicted octanol–water partition coefficient (Wildman–Crippen LogP) is 5.13. The minimum atomic E-state index is 0.0631. The van der Waals surface area contributed by atoms with Gasteiger partial charge in [-0.2, -0.15) is 0 Å². The van der Waals surface area contributed by atoms with Crippen LogP contribution in [0.15, 0.2) is 82.6 Å². The standard InChI is InChI=1S/2C10H9NO.2C2H6/c2*1-11-7-6-8-4-2-3-5-9(8)10(11)12;2*1-2/h2*2-7H,1H3;2*1-2H3. The van der Waals surface area contributed by atoms with Crippen LogP contribution in [0.1, 0.15) is 27.7 Å². The molecule has 2 aromatic carbocycles. The molecule has 4 heteroatoms. The highest BCUT2D eigenvalue weighted by Gasteiger charge is 1.97. The fourth-order valence-electron chi connectivity index (χ4n) is 2.57. The molecule has 0 aliphatic rings. The molecule has 0 radical (unpaired) electrons. The molecule has 0 saturated heterocycles.